The Morgan fingerprint density at radius 3 is 2.00 bits per heavy atom. The van der Waals surface area contributed by atoms with Crippen LogP contribution in [0.3, 0.4) is 0 Å². The Morgan fingerprint density at radius 2 is 2.00 bits per heavy atom. The summed E-state index contributed by atoms with van der Waals surface area (Å²) in [4.78, 5) is 3.47. The van der Waals surface area contributed by atoms with Gasteiger partial charge in [0.05, 0.1) is 0 Å². The Labute approximate surface area is 31.7 Å². The van der Waals surface area contributed by atoms with Crippen molar-refractivity contribution in [2.45, 2.75) is 6.92 Å². The van der Waals surface area contributed by atoms with Gasteiger partial charge >= 0.3 is 0 Å². The van der Waals surface area contributed by atoms with Crippen LogP contribution in [0.4, 0.5) is 0 Å². The topological polar surface area (TPSA) is 36.2 Å². The number of aliphatic imine (C=N–C) groups is 1. The van der Waals surface area contributed by atoms with Gasteiger partial charge in [-0.3, -0.25) is 10.7 Å². The number of amidine groups is 1. The van der Waals surface area contributed by atoms with Crippen LogP contribution in [0.15, 0.2) is 4.99 Å². The van der Waals surface area contributed by atoms with Gasteiger partial charge in [0.2, 0.25) is 0 Å². The average molecular weight is 71.1 g/mol. The first kappa shape index (κ1) is 4.47. The largest absolute Gasteiger partial charge is 0.287 e. The van der Waals surface area contributed by atoms with Crippen LogP contribution in [0, 0.1) is 0 Å². The smallest absolute Gasteiger partial charge is 0.111 e. The summed E-state index contributed by atoms with van der Waals surface area (Å²) in [5.74, 6) is 0.380. The van der Waals surface area contributed by atoms with Crippen molar-refractivity contribution in [1.82, 2.24) is 5.73 Å². The average Bonchev–Trinajstić information content (AvgIpc) is 1.38. The van der Waals surface area contributed by atoms with Gasteiger partial charge < -0.3 is 0 Å². The SMILES string of the molecule is C/N=C(\C)[NH]. The summed E-state index contributed by atoms with van der Waals surface area (Å²) < 4.78 is 0. The zero-order valence-electron chi connectivity index (χ0n) is 3.45. The van der Waals surface area contributed by atoms with E-state index < -0.39 is 0 Å². The summed E-state index contributed by atoms with van der Waals surface area (Å²) in [6.45, 7) is 1.64. The second-order valence-electron chi connectivity index (χ2n) is 0.809. The quantitative estimate of drug-likeness (QED) is 0.291. The summed E-state index contributed by atoms with van der Waals surface area (Å²) in [6.07, 6.45) is 0. The van der Waals surface area contributed by atoms with Crippen LogP contribution in [-0.2, 0) is 0 Å². The summed E-state index contributed by atoms with van der Waals surface area (Å²) in [5.41, 5.74) is 6.58. The van der Waals surface area contributed by atoms with Crippen molar-refractivity contribution < 1.29 is 0 Å². The zero-order valence-corrected chi connectivity index (χ0v) is 3.45. The third-order valence-electron chi connectivity index (χ3n) is 0.335. The van der Waals surface area contributed by atoms with E-state index in [1.54, 1.807) is 14.0 Å². The van der Waals surface area contributed by atoms with E-state index in [-0.39, 0.29) is 0 Å². The fourth-order valence-electron chi connectivity index (χ4n) is 0. The predicted octanol–water partition coefficient (Wildman–Crippen LogP) is 0.317. The van der Waals surface area contributed by atoms with E-state index in [0.29, 0.717) is 5.84 Å². The van der Waals surface area contributed by atoms with Gasteiger partial charge in [0.1, 0.15) is 5.84 Å². The van der Waals surface area contributed by atoms with Crippen molar-refractivity contribution >= 4 is 5.84 Å². The molecule has 2 nitrogen and oxygen atoms in total. The summed E-state index contributed by atoms with van der Waals surface area (Å²) in [5, 5.41) is 0. The maximum absolute atomic E-state index is 6.58. The molecule has 0 aliphatic carbocycles. The molecule has 0 aromatic carbocycles. The molecule has 0 atom stereocenters. The fraction of sp³-hybridized carbons (Fsp3) is 0.667. The molecule has 0 unspecified atom stereocenters. The Morgan fingerprint density at radius 1 is 1.80 bits per heavy atom. The van der Waals surface area contributed by atoms with E-state index in [1.165, 1.54) is 0 Å². The molecule has 29 valence electrons. The van der Waals surface area contributed by atoms with Crippen LogP contribution in [-0.4, -0.2) is 12.9 Å². The Bertz CT molecular complexity index is 42.9. The van der Waals surface area contributed by atoms with Crippen LogP contribution in [0.1, 0.15) is 6.92 Å². The first-order valence-electron chi connectivity index (χ1n) is 1.42. The molecule has 0 aliphatic heterocycles. The highest BCUT2D eigenvalue weighted by molar-refractivity contribution is 5.76. The maximum atomic E-state index is 6.58. The Kier molecular flexibility index (Phi) is 1.57. The molecule has 0 bridgehead atoms. The van der Waals surface area contributed by atoms with Crippen molar-refractivity contribution in [3.8, 4) is 0 Å². The van der Waals surface area contributed by atoms with E-state index in [0.717, 1.165) is 0 Å². The van der Waals surface area contributed by atoms with E-state index in [2.05, 4.69) is 4.99 Å². The normalized spacial score (nSPS) is 12.0. The van der Waals surface area contributed by atoms with Crippen LogP contribution in [0.25, 0.3) is 0 Å². The molecule has 0 saturated heterocycles. The fourth-order valence-corrected chi connectivity index (χ4v) is 0. The molecule has 1 radical (unpaired) electrons. The molecule has 0 aliphatic rings. The minimum atomic E-state index is 0.380. The molecule has 0 heterocycles. The molecule has 0 fully saturated rings. The Balaban J connectivity index is 3.14. The lowest BCUT2D eigenvalue weighted by Crippen LogP contribution is -1.85. The highest BCUT2D eigenvalue weighted by atomic mass is 14.8. The highest BCUT2D eigenvalue weighted by Crippen LogP contribution is 1.55. The van der Waals surface area contributed by atoms with Crippen molar-refractivity contribution in [1.29, 1.82) is 0 Å². The van der Waals surface area contributed by atoms with Gasteiger partial charge in [-0.15, -0.1) is 0 Å². The molecule has 2 heteroatoms. The molecular formula is C3H7N2. The molecule has 0 amide bonds. The van der Waals surface area contributed by atoms with Crippen molar-refractivity contribution in [2.24, 2.45) is 4.99 Å². The first-order valence-corrected chi connectivity index (χ1v) is 1.42. The van der Waals surface area contributed by atoms with Gasteiger partial charge in [-0.2, -0.15) is 0 Å². The molecule has 0 rings (SSSR count). The zero-order chi connectivity index (χ0) is 4.28. The maximum Gasteiger partial charge on any atom is 0.111 e. The molecule has 0 spiro atoms. The number of nitrogens with one attached hydrogen (secondary N) is 1. The van der Waals surface area contributed by atoms with Crippen molar-refractivity contribution in [3.63, 3.8) is 0 Å². The van der Waals surface area contributed by atoms with E-state index in [4.69, 9.17) is 5.73 Å². The Hall–Kier alpha value is -0.530. The minimum Gasteiger partial charge on any atom is -0.287 e. The number of rotatable bonds is 0. The predicted molar refractivity (Wildman–Crippen MR) is 22.1 cm³/mol. The van der Waals surface area contributed by atoms with Gasteiger partial charge in [-0.05, 0) is 6.92 Å². The summed E-state index contributed by atoms with van der Waals surface area (Å²) in [6, 6.07) is 0. The monoisotopic (exact) mass is 71.1 g/mol. The van der Waals surface area contributed by atoms with Crippen LogP contribution < -0.4 is 5.73 Å². The molecule has 5 heavy (non-hydrogen) atoms. The van der Waals surface area contributed by atoms with Crippen molar-refractivity contribution in [3.05, 3.63) is 0 Å². The lowest BCUT2D eigenvalue weighted by atomic mass is 10.7. The second kappa shape index (κ2) is 1.76. The number of hydrogen-bond acceptors (Lipinski definition) is 1. The third-order valence-corrected chi connectivity index (χ3v) is 0.335. The molecule has 1 N–H and O–H groups in total. The van der Waals surface area contributed by atoms with Gasteiger partial charge in [0.25, 0.3) is 0 Å². The van der Waals surface area contributed by atoms with Crippen LogP contribution in [0.2, 0.25) is 0 Å². The first-order chi connectivity index (χ1) is 2.27. The molecular weight excluding hydrogens is 64.0 g/mol. The van der Waals surface area contributed by atoms with E-state index in [9.17, 15) is 0 Å². The summed E-state index contributed by atoms with van der Waals surface area (Å²) in [7, 11) is 1.60. The van der Waals surface area contributed by atoms with Gasteiger partial charge in [-0.1, -0.05) is 0 Å². The highest BCUT2D eigenvalue weighted by Gasteiger charge is 1.63. The number of hydrogen-bond donors (Lipinski definition) is 0. The number of nitrogens with zero attached hydrogens (tertiary/aromatic N) is 1. The van der Waals surface area contributed by atoms with E-state index in [1.807, 2.05) is 0 Å². The van der Waals surface area contributed by atoms with Crippen molar-refractivity contribution in [2.75, 3.05) is 7.05 Å². The van der Waals surface area contributed by atoms with Crippen LogP contribution in [0.5, 0.6) is 0 Å². The summed E-state index contributed by atoms with van der Waals surface area (Å²) >= 11 is 0. The molecule has 0 aromatic rings. The molecule has 0 saturated carbocycles. The van der Waals surface area contributed by atoms with Gasteiger partial charge in [0, 0.05) is 7.05 Å². The minimum absolute atomic E-state index is 0.380. The van der Waals surface area contributed by atoms with Gasteiger partial charge in [0.15, 0.2) is 0 Å². The lowest BCUT2D eigenvalue weighted by Gasteiger charge is -1.73. The third kappa shape index (κ3) is 3.47. The molecule has 0 aromatic heterocycles. The van der Waals surface area contributed by atoms with E-state index >= 15 is 0 Å². The second-order valence-corrected chi connectivity index (χ2v) is 0.809. The van der Waals surface area contributed by atoms with Crippen LogP contribution >= 0.6 is 0 Å². The lowest BCUT2D eigenvalue weighted by molar-refractivity contribution is 1.37. The standard InChI is InChI=1S/C3H7N2/c1-3(4)5-2/h4H,1-2H3/b5-3+. The van der Waals surface area contributed by atoms with Gasteiger partial charge in [-0.25, -0.2) is 0 Å².